The Kier molecular flexibility index (Phi) is 6.45. The van der Waals surface area contributed by atoms with Gasteiger partial charge in [-0.25, -0.2) is 4.39 Å². The lowest BCUT2D eigenvalue weighted by atomic mass is 10.2. The molecule has 0 unspecified atom stereocenters. The largest absolute Gasteiger partial charge is 0.396 e. The van der Waals surface area contributed by atoms with Gasteiger partial charge in [-0.15, -0.1) is 0 Å². The summed E-state index contributed by atoms with van der Waals surface area (Å²) in [6.07, 6.45) is 0.159. The molecule has 0 aliphatic carbocycles. The van der Waals surface area contributed by atoms with Crippen LogP contribution in [0.3, 0.4) is 0 Å². The van der Waals surface area contributed by atoms with Crippen LogP contribution < -0.4 is 16.4 Å². The summed E-state index contributed by atoms with van der Waals surface area (Å²) in [7, 11) is 1.54. The maximum absolute atomic E-state index is 12.9. The van der Waals surface area contributed by atoms with E-state index in [9.17, 15) is 14.0 Å². The number of hydrogen-bond acceptors (Lipinski definition) is 4. The highest BCUT2D eigenvalue weighted by molar-refractivity contribution is 5.95. The molecule has 0 bridgehead atoms. The summed E-state index contributed by atoms with van der Waals surface area (Å²) in [4.78, 5) is 23.1. The predicted octanol–water partition coefficient (Wildman–Crippen LogP) is 0.290. The number of ether oxygens (including phenoxy) is 1. The molecule has 0 saturated carbocycles. The van der Waals surface area contributed by atoms with Crippen molar-refractivity contribution in [3.05, 3.63) is 29.6 Å². The first-order valence-electron chi connectivity index (χ1n) is 6.13. The highest BCUT2D eigenvalue weighted by Crippen LogP contribution is 2.11. The number of nitrogens with one attached hydrogen (secondary N) is 2. The van der Waals surface area contributed by atoms with Crippen LogP contribution in [0.4, 0.5) is 10.1 Å². The van der Waals surface area contributed by atoms with Crippen LogP contribution in [0.15, 0.2) is 18.2 Å². The van der Waals surface area contributed by atoms with E-state index in [2.05, 4.69) is 10.6 Å². The fourth-order valence-electron chi connectivity index (χ4n) is 1.46. The summed E-state index contributed by atoms with van der Waals surface area (Å²) < 4.78 is 17.7. The SMILES string of the molecule is COCCNC(=O)CCNC(=O)c1ccc(F)c(N)c1. The first kappa shape index (κ1) is 15.9. The number of nitrogens with two attached hydrogens (primary N) is 1. The molecule has 0 aliphatic rings. The van der Waals surface area contributed by atoms with Crippen LogP contribution in [-0.2, 0) is 9.53 Å². The highest BCUT2D eigenvalue weighted by atomic mass is 19.1. The van der Waals surface area contributed by atoms with Crippen LogP contribution in [0.5, 0.6) is 0 Å². The molecular formula is C13H18FN3O3. The molecular weight excluding hydrogens is 265 g/mol. The number of hydrogen-bond donors (Lipinski definition) is 3. The molecule has 0 aliphatic heterocycles. The van der Waals surface area contributed by atoms with Gasteiger partial charge in [0.1, 0.15) is 5.82 Å². The van der Waals surface area contributed by atoms with Crippen molar-refractivity contribution in [2.45, 2.75) is 6.42 Å². The minimum Gasteiger partial charge on any atom is -0.396 e. The van der Waals surface area contributed by atoms with Crippen LogP contribution in [0.1, 0.15) is 16.8 Å². The zero-order valence-corrected chi connectivity index (χ0v) is 11.2. The van der Waals surface area contributed by atoms with Crippen molar-refractivity contribution >= 4 is 17.5 Å². The zero-order valence-electron chi connectivity index (χ0n) is 11.2. The molecule has 110 valence electrons. The Morgan fingerprint density at radius 1 is 1.30 bits per heavy atom. The van der Waals surface area contributed by atoms with E-state index < -0.39 is 11.7 Å². The molecule has 1 rings (SSSR count). The van der Waals surface area contributed by atoms with Gasteiger partial charge < -0.3 is 21.1 Å². The normalized spacial score (nSPS) is 10.1. The number of amides is 2. The second-order valence-electron chi connectivity index (χ2n) is 4.08. The average Bonchev–Trinajstić information content (AvgIpc) is 2.42. The van der Waals surface area contributed by atoms with Crippen molar-refractivity contribution in [2.24, 2.45) is 0 Å². The summed E-state index contributed by atoms with van der Waals surface area (Å²) in [6.45, 7) is 1.06. The Bertz CT molecular complexity index is 480. The van der Waals surface area contributed by atoms with Gasteiger partial charge in [0.15, 0.2) is 0 Å². The fourth-order valence-corrected chi connectivity index (χ4v) is 1.46. The van der Waals surface area contributed by atoms with E-state index >= 15 is 0 Å². The maximum atomic E-state index is 12.9. The van der Waals surface area contributed by atoms with Gasteiger partial charge in [-0.3, -0.25) is 9.59 Å². The van der Waals surface area contributed by atoms with Crippen LogP contribution >= 0.6 is 0 Å². The van der Waals surface area contributed by atoms with E-state index in [4.69, 9.17) is 10.5 Å². The number of carbonyl (C=O) groups is 2. The van der Waals surface area contributed by atoms with Gasteiger partial charge in [0.05, 0.1) is 12.3 Å². The summed E-state index contributed by atoms with van der Waals surface area (Å²) in [5.74, 6) is -1.15. The third-order valence-corrected chi connectivity index (χ3v) is 2.52. The number of halogens is 1. The molecule has 0 fully saturated rings. The minimum atomic E-state index is -0.570. The van der Waals surface area contributed by atoms with Crippen molar-refractivity contribution in [1.82, 2.24) is 10.6 Å². The van der Waals surface area contributed by atoms with Gasteiger partial charge in [0.25, 0.3) is 5.91 Å². The Morgan fingerprint density at radius 3 is 2.70 bits per heavy atom. The third kappa shape index (κ3) is 5.23. The van der Waals surface area contributed by atoms with Crippen LogP contribution in [0, 0.1) is 5.82 Å². The quantitative estimate of drug-likeness (QED) is 0.495. The van der Waals surface area contributed by atoms with Crippen molar-refractivity contribution in [2.75, 3.05) is 32.5 Å². The summed E-state index contributed by atoms with van der Waals surface area (Å²) in [5, 5.41) is 5.19. The summed E-state index contributed by atoms with van der Waals surface area (Å²) in [6, 6.07) is 3.71. The molecule has 4 N–H and O–H groups in total. The molecule has 1 aromatic rings. The van der Waals surface area contributed by atoms with Gasteiger partial charge in [-0.2, -0.15) is 0 Å². The van der Waals surface area contributed by atoms with Crippen LogP contribution in [-0.4, -0.2) is 38.6 Å². The molecule has 0 radical (unpaired) electrons. The van der Waals surface area contributed by atoms with E-state index in [0.29, 0.717) is 13.2 Å². The van der Waals surface area contributed by atoms with E-state index in [1.165, 1.54) is 12.1 Å². The first-order valence-corrected chi connectivity index (χ1v) is 6.13. The number of rotatable bonds is 7. The predicted molar refractivity (Wildman–Crippen MR) is 72.6 cm³/mol. The number of anilines is 1. The van der Waals surface area contributed by atoms with E-state index in [1.807, 2.05) is 0 Å². The van der Waals surface area contributed by atoms with E-state index in [0.717, 1.165) is 6.07 Å². The average molecular weight is 283 g/mol. The molecule has 7 heteroatoms. The zero-order chi connectivity index (χ0) is 15.0. The van der Waals surface area contributed by atoms with Crippen LogP contribution in [0.2, 0.25) is 0 Å². The topological polar surface area (TPSA) is 93.5 Å². The maximum Gasteiger partial charge on any atom is 0.251 e. The van der Waals surface area contributed by atoms with Crippen LogP contribution in [0.25, 0.3) is 0 Å². The lowest BCUT2D eigenvalue weighted by Gasteiger charge is -2.07. The Balaban J connectivity index is 2.32. The third-order valence-electron chi connectivity index (χ3n) is 2.52. The molecule has 2 amide bonds. The molecule has 6 nitrogen and oxygen atoms in total. The summed E-state index contributed by atoms with van der Waals surface area (Å²) in [5.41, 5.74) is 5.54. The molecule has 0 spiro atoms. The van der Waals surface area contributed by atoms with E-state index in [1.54, 1.807) is 7.11 Å². The first-order chi connectivity index (χ1) is 9.54. The fraction of sp³-hybridized carbons (Fsp3) is 0.385. The Labute approximate surface area is 116 Å². The van der Waals surface area contributed by atoms with Crippen molar-refractivity contribution in [3.8, 4) is 0 Å². The smallest absolute Gasteiger partial charge is 0.251 e. The Hall–Kier alpha value is -2.15. The van der Waals surface area contributed by atoms with Crippen molar-refractivity contribution in [1.29, 1.82) is 0 Å². The molecule has 0 aromatic heterocycles. The monoisotopic (exact) mass is 283 g/mol. The van der Waals surface area contributed by atoms with Gasteiger partial charge in [0, 0.05) is 32.2 Å². The minimum absolute atomic E-state index is 0.0880. The van der Waals surface area contributed by atoms with Gasteiger partial charge in [-0.1, -0.05) is 0 Å². The lowest BCUT2D eigenvalue weighted by molar-refractivity contribution is -0.121. The summed E-state index contributed by atoms with van der Waals surface area (Å²) >= 11 is 0. The number of benzene rings is 1. The number of methoxy groups -OCH3 is 1. The number of carbonyl (C=O) groups excluding carboxylic acids is 2. The lowest BCUT2D eigenvalue weighted by Crippen LogP contribution is -2.32. The molecule has 20 heavy (non-hydrogen) atoms. The Morgan fingerprint density at radius 2 is 2.05 bits per heavy atom. The van der Waals surface area contributed by atoms with Gasteiger partial charge >= 0.3 is 0 Å². The van der Waals surface area contributed by atoms with Gasteiger partial charge in [-0.05, 0) is 18.2 Å². The van der Waals surface area contributed by atoms with Crippen molar-refractivity contribution in [3.63, 3.8) is 0 Å². The molecule has 0 saturated heterocycles. The number of nitrogen functional groups attached to an aromatic ring is 1. The standard InChI is InChI=1S/C13H18FN3O3/c1-20-7-6-16-12(18)4-5-17-13(19)9-2-3-10(14)11(15)8-9/h2-3,8H,4-7,15H2,1H3,(H,16,18)(H,17,19). The second kappa shape index (κ2) is 8.11. The van der Waals surface area contributed by atoms with Crippen molar-refractivity contribution < 1.29 is 18.7 Å². The molecule has 1 aromatic carbocycles. The second-order valence-corrected chi connectivity index (χ2v) is 4.08. The molecule has 0 atom stereocenters. The highest BCUT2D eigenvalue weighted by Gasteiger charge is 2.08. The van der Waals surface area contributed by atoms with E-state index in [-0.39, 0.29) is 30.1 Å². The van der Waals surface area contributed by atoms with Gasteiger partial charge in [0.2, 0.25) is 5.91 Å². The molecule has 0 heterocycles.